The summed E-state index contributed by atoms with van der Waals surface area (Å²) in [6.45, 7) is 1.98. The van der Waals surface area contributed by atoms with Gasteiger partial charge in [-0.15, -0.1) is 0 Å². The van der Waals surface area contributed by atoms with Crippen LogP contribution in [0.5, 0.6) is 5.75 Å². The minimum absolute atomic E-state index is 0.0632. The Hall–Kier alpha value is -1.85. The lowest BCUT2D eigenvalue weighted by molar-refractivity contribution is -0.385. The maximum absolute atomic E-state index is 13.9. The molecule has 0 saturated heterocycles. The minimum atomic E-state index is -0.651. The van der Waals surface area contributed by atoms with Crippen LogP contribution in [0.25, 0.3) is 0 Å². The molecule has 0 aromatic heterocycles. The zero-order valence-electron chi connectivity index (χ0n) is 11.7. The maximum Gasteiger partial charge on any atom is 0.313 e. The molecule has 0 heterocycles. The summed E-state index contributed by atoms with van der Waals surface area (Å²) in [5, 5.41) is 13.8. The Kier molecular flexibility index (Phi) is 4.42. The van der Waals surface area contributed by atoms with E-state index in [4.69, 9.17) is 4.74 Å². The third-order valence-corrected chi connectivity index (χ3v) is 3.57. The van der Waals surface area contributed by atoms with Gasteiger partial charge in [0.1, 0.15) is 0 Å². The summed E-state index contributed by atoms with van der Waals surface area (Å²) >= 11 is 0. The molecule has 110 valence electrons. The molecule has 1 N–H and O–H groups in total. The second kappa shape index (κ2) is 6.07. The van der Waals surface area contributed by atoms with Gasteiger partial charge >= 0.3 is 5.69 Å². The highest BCUT2D eigenvalue weighted by Gasteiger charge is 2.23. The van der Waals surface area contributed by atoms with Crippen LogP contribution in [0.1, 0.15) is 32.6 Å². The second-order valence-electron chi connectivity index (χ2n) is 5.33. The van der Waals surface area contributed by atoms with Crippen molar-refractivity contribution in [2.24, 2.45) is 5.92 Å². The molecule has 1 unspecified atom stereocenters. The van der Waals surface area contributed by atoms with Crippen LogP contribution in [0.3, 0.4) is 0 Å². The largest absolute Gasteiger partial charge is 0.490 e. The van der Waals surface area contributed by atoms with E-state index in [0.29, 0.717) is 0 Å². The number of benzene rings is 1. The van der Waals surface area contributed by atoms with E-state index in [2.05, 4.69) is 5.32 Å². The van der Waals surface area contributed by atoms with Crippen molar-refractivity contribution in [1.29, 1.82) is 0 Å². The Bertz CT molecular complexity index is 503. The Morgan fingerprint density at radius 3 is 2.80 bits per heavy atom. The Balaban J connectivity index is 2.07. The molecule has 1 saturated carbocycles. The first-order valence-electron chi connectivity index (χ1n) is 6.79. The number of nitrogens with zero attached hydrogens (tertiary/aromatic N) is 1. The maximum atomic E-state index is 13.9. The van der Waals surface area contributed by atoms with Gasteiger partial charge < -0.3 is 10.1 Å². The molecule has 0 aliphatic heterocycles. The predicted octanol–water partition coefficient (Wildman–Crippen LogP) is 3.73. The Labute approximate surface area is 117 Å². The number of nitro benzene ring substituents is 1. The Morgan fingerprint density at radius 1 is 1.55 bits per heavy atom. The summed E-state index contributed by atoms with van der Waals surface area (Å²) in [6, 6.07) is 2.37. The standard InChI is InChI=1S/C14H19FN2O3/c1-9(3-4-10-5-6-10)16-12-8-14(20-2)13(17(18)19)7-11(12)15/h7-10,16H,3-6H2,1-2H3. The quantitative estimate of drug-likeness (QED) is 0.611. The summed E-state index contributed by atoms with van der Waals surface area (Å²) in [5.74, 6) is 0.263. The van der Waals surface area contributed by atoms with Crippen LogP contribution < -0.4 is 10.1 Å². The Morgan fingerprint density at radius 2 is 2.25 bits per heavy atom. The van der Waals surface area contributed by atoms with Crippen LogP contribution in [-0.2, 0) is 0 Å². The van der Waals surface area contributed by atoms with Gasteiger partial charge in [0.25, 0.3) is 0 Å². The third-order valence-electron chi connectivity index (χ3n) is 3.57. The van der Waals surface area contributed by atoms with Gasteiger partial charge in [0.15, 0.2) is 11.6 Å². The van der Waals surface area contributed by atoms with Gasteiger partial charge in [0, 0.05) is 12.1 Å². The summed E-state index contributed by atoms with van der Waals surface area (Å²) in [7, 11) is 1.33. The summed E-state index contributed by atoms with van der Waals surface area (Å²) in [5.41, 5.74) is -0.114. The molecule has 5 nitrogen and oxygen atoms in total. The number of halogens is 1. The molecule has 0 radical (unpaired) electrons. The second-order valence-corrected chi connectivity index (χ2v) is 5.33. The molecule has 1 atom stereocenters. The third kappa shape index (κ3) is 3.59. The van der Waals surface area contributed by atoms with E-state index >= 15 is 0 Å². The van der Waals surface area contributed by atoms with E-state index in [0.717, 1.165) is 24.8 Å². The summed E-state index contributed by atoms with van der Waals surface area (Å²) in [6.07, 6.45) is 4.70. The normalized spacial score (nSPS) is 15.8. The van der Waals surface area contributed by atoms with Crippen LogP contribution in [0.15, 0.2) is 12.1 Å². The van der Waals surface area contributed by atoms with E-state index in [1.54, 1.807) is 0 Å². The van der Waals surface area contributed by atoms with Gasteiger partial charge in [-0.3, -0.25) is 10.1 Å². The molecule has 2 rings (SSSR count). The van der Waals surface area contributed by atoms with E-state index in [1.807, 2.05) is 6.92 Å². The lowest BCUT2D eigenvalue weighted by atomic mass is 10.1. The monoisotopic (exact) mass is 282 g/mol. The first-order valence-corrected chi connectivity index (χ1v) is 6.79. The molecule has 1 aromatic rings. The number of anilines is 1. The molecule has 0 bridgehead atoms. The van der Waals surface area contributed by atoms with E-state index in [9.17, 15) is 14.5 Å². The number of rotatable bonds is 7. The predicted molar refractivity (Wildman–Crippen MR) is 74.6 cm³/mol. The first kappa shape index (κ1) is 14.6. The van der Waals surface area contributed by atoms with Crippen molar-refractivity contribution >= 4 is 11.4 Å². The molecule has 0 spiro atoms. The van der Waals surface area contributed by atoms with Crippen LogP contribution in [0.2, 0.25) is 0 Å². The van der Waals surface area contributed by atoms with Crippen LogP contribution in [-0.4, -0.2) is 18.1 Å². The zero-order valence-corrected chi connectivity index (χ0v) is 11.7. The molecule has 20 heavy (non-hydrogen) atoms. The van der Waals surface area contributed by atoms with Crippen molar-refractivity contribution < 1.29 is 14.1 Å². The van der Waals surface area contributed by atoms with Crippen molar-refractivity contribution in [2.45, 2.75) is 38.6 Å². The lowest BCUT2D eigenvalue weighted by Crippen LogP contribution is -2.16. The molecule has 1 aliphatic carbocycles. The van der Waals surface area contributed by atoms with E-state index in [-0.39, 0.29) is 23.2 Å². The lowest BCUT2D eigenvalue weighted by Gasteiger charge is -2.16. The number of ether oxygens (including phenoxy) is 1. The molecule has 1 fully saturated rings. The van der Waals surface area contributed by atoms with E-state index in [1.165, 1.54) is 26.0 Å². The molecule has 1 aromatic carbocycles. The van der Waals surface area contributed by atoms with Crippen molar-refractivity contribution in [3.8, 4) is 5.75 Å². The van der Waals surface area contributed by atoms with Crippen molar-refractivity contribution in [1.82, 2.24) is 0 Å². The first-order chi connectivity index (χ1) is 9.51. The highest BCUT2D eigenvalue weighted by molar-refractivity contribution is 5.59. The van der Waals surface area contributed by atoms with Gasteiger partial charge in [-0.25, -0.2) is 4.39 Å². The van der Waals surface area contributed by atoms with Gasteiger partial charge in [0.2, 0.25) is 0 Å². The fourth-order valence-corrected chi connectivity index (χ4v) is 2.19. The smallest absolute Gasteiger partial charge is 0.313 e. The minimum Gasteiger partial charge on any atom is -0.490 e. The fourth-order valence-electron chi connectivity index (χ4n) is 2.19. The van der Waals surface area contributed by atoms with Crippen LogP contribution >= 0.6 is 0 Å². The van der Waals surface area contributed by atoms with Crippen molar-refractivity contribution in [3.05, 3.63) is 28.1 Å². The van der Waals surface area contributed by atoms with Crippen molar-refractivity contribution in [3.63, 3.8) is 0 Å². The van der Waals surface area contributed by atoms with Gasteiger partial charge in [-0.1, -0.05) is 12.8 Å². The highest BCUT2D eigenvalue weighted by atomic mass is 19.1. The van der Waals surface area contributed by atoms with E-state index < -0.39 is 10.7 Å². The molecule has 0 amide bonds. The molecular weight excluding hydrogens is 263 g/mol. The zero-order chi connectivity index (χ0) is 14.7. The van der Waals surface area contributed by atoms with Crippen LogP contribution in [0, 0.1) is 21.8 Å². The number of hydrogen-bond acceptors (Lipinski definition) is 4. The topological polar surface area (TPSA) is 64.4 Å². The molecule has 6 heteroatoms. The van der Waals surface area contributed by atoms with Crippen molar-refractivity contribution in [2.75, 3.05) is 12.4 Å². The summed E-state index contributed by atoms with van der Waals surface area (Å²) in [4.78, 5) is 10.1. The average molecular weight is 282 g/mol. The highest BCUT2D eigenvalue weighted by Crippen LogP contribution is 2.35. The fraction of sp³-hybridized carbons (Fsp3) is 0.571. The number of nitrogens with one attached hydrogen (secondary N) is 1. The van der Waals surface area contributed by atoms with Gasteiger partial charge in [-0.2, -0.15) is 0 Å². The number of nitro groups is 1. The van der Waals surface area contributed by atoms with Gasteiger partial charge in [0.05, 0.1) is 23.8 Å². The summed E-state index contributed by atoms with van der Waals surface area (Å²) < 4.78 is 18.8. The SMILES string of the molecule is COc1cc(NC(C)CCC2CC2)c(F)cc1[N+](=O)[O-]. The number of hydrogen-bond donors (Lipinski definition) is 1. The van der Waals surface area contributed by atoms with Gasteiger partial charge in [-0.05, 0) is 25.7 Å². The molecule has 1 aliphatic rings. The number of methoxy groups -OCH3 is 1. The average Bonchev–Trinajstić information content (AvgIpc) is 3.22. The van der Waals surface area contributed by atoms with Crippen LogP contribution in [0.4, 0.5) is 15.8 Å². The molecular formula is C14H19FN2O3.